The van der Waals surface area contributed by atoms with E-state index < -0.39 is 15.3 Å². The van der Waals surface area contributed by atoms with E-state index in [0.29, 0.717) is 18.1 Å². The molecule has 0 spiro atoms. The largest absolute Gasteiger partial charge is 0.380 e. The zero-order chi connectivity index (χ0) is 18.7. The third-order valence-corrected chi connectivity index (χ3v) is 7.54. The molecule has 2 atom stereocenters. The van der Waals surface area contributed by atoms with Gasteiger partial charge in [-0.15, -0.1) is 11.3 Å². The van der Waals surface area contributed by atoms with Gasteiger partial charge in [-0.05, 0) is 43.5 Å². The summed E-state index contributed by atoms with van der Waals surface area (Å²) >= 11 is 1.47. The lowest BCUT2D eigenvalue weighted by molar-refractivity contribution is 0.0644. The topological polar surface area (TPSA) is 79.2 Å². The Morgan fingerprint density at radius 1 is 1.23 bits per heavy atom. The van der Waals surface area contributed by atoms with E-state index in [4.69, 9.17) is 10.00 Å². The highest BCUT2D eigenvalue weighted by atomic mass is 32.2. The summed E-state index contributed by atoms with van der Waals surface area (Å²) in [5, 5.41) is 8.49. The molecule has 5 nitrogen and oxygen atoms in total. The first-order chi connectivity index (χ1) is 12.4. The number of thiophene rings is 1. The Hall–Kier alpha value is -1.72. The fourth-order valence-corrected chi connectivity index (χ4v) is 4.78. The molecule has 7 heteroatoms. The van der Waals surface area contributed by atoms with Crippen LogP contribution in [-0.2, 0) is 14.8 Å². The number of hydrogen-bond acceptors (Lipinski definition) is 5. The maximum absolute atomic E-state index is 12.3. The maximum Gasteiger partial charge on any atom is 0.214 e. The SMILES string of the molecule is CC(C)S(=O)(=O)N[C@H]1COCC[C@H]1c1ccc(-c2ccc(C#N)s2)cc1. The summed E-state index contributed by atoms with van der Waals surface area (Å²) in [6.45, 7) is 4.36. The van der Waals surface area contributed by atoms with Crippen LogP contribution in [0.25, 0.3) is 10.4 Å². The van der Waals surface area contributed by atoms with Crippen molar-refractivity contribution >= 4 is 21.4 Å². The van der Waals surface area contributed by atoms with Gasteiger partial charge in [0.1, 0.15) is 10.9 Å². The van der Waals surface area contributed by atoms with Crippen LogP contribution in [0.1, 0.15) is 36.6 Å². The Kier molecular flexibility index (Phi) is 5.78. The van der Waals surface area contributed by atoms with Crippen LogP contribution in [0.3, 0.4) is 0 Å². The summed E-state index contributed by atoms with van der Waals surface area (Å²) in [5.41, 5.74) is 2.16. The lowest BCUT2D eigenvalue weighted by atomic mass is 9.87. The molecule has 1 aliphatic rings. The summed E-state index contributed by atoms with van der Waals surface area (Å²) in [6, 6.07) is 13.8. The van der Waals surface area contributed by atoms with Crippen LogP contribution in [-0.4, -0.2) is 32.9 Å². The molecule has 0 bridgehead atoms. The van der Waals surface area contributed by atoms with E-state index >= 15 is 0 Å². The zero-order valence-corrected chi connectivity index (χ0v) is 16.4. The number of nitriles is 1. The first-order valence-electron chi connectivity index (χ1n) is 8.60. The molecule has 1 saturated heterocycles. The molecular formula is C19H22N2O3S2. The second-order valence-electron chi connectivity index (χ2n) is 6.69. The summed E-state index contributed by atoms with van der Waals surface area (Å²) < 4.78 is 32.8. The Labute approximate surface area is 158 Å². The standard InChI is InChI=1S/C19H22N2O3S2/c1-13(2)26(22,23)21-18-12-24-10-9-17(18)14-3-5-15(6-4-14)19-8-7-16(11-20)25-19/h3-8,13,17-18,21H,9-10,12H2,1-2H3/t17-,18-/m0/s1. The van der Waals surface area contributed by atoms with Crippen LogP contribution >= 0.6 is 11.3 Å². The minimum absolute atomic E-state index is 0.0873. The van der Waals surface area contributed by atoms with Gasteiger partial charge >= 0.3 is 0 Å². The number of hydrogen-bond donors (Lipinski definition) is 1. The van der Waals surface area contributed by atoms with Crippen LogP contribution in [0.5, 0.6) is 0 Å². The molecule has 1 N–H and O–H groups in total. The minimum Gasteiger partial charge on any atom is -0.380 e. The van der Waals surface area contributed by atoms with E-state index in [0.717, 1.165) is 22.4 Å². The first kappa shape index (κ1) is 19.1. The molecule has 1 aromatic heterocycles. The van der Waals surface area contributed by atoms with Crippen molar-refractivity contribution in [3.05, 3.63) is 46.8 Å². The Bertz CT molecular complexity index is 896. The molecule has 0 radical (unpaired) electrons. The lowest BCUT2D eigenvalue weighted by Gasteiger charge is -2.33. The number of ether oxygens (including phenoxy) is 1. The Balaban J connectivity index is 1.81. The summed E-state index contributed by atoms with van der Waals surface area (Å²) in [5.74, 6) is 0.0873. The van der Waals surface area contributed by atoms with Gasteiger partial charge in [0.15, 0.2) is 0 Å². The van der Waals surface area contributed by atoms with Crippen molar-refractivity contribution in [1.82, 2.24) is 4.72 Å². The quantitative estimate of drug-likeness (QED) is 0.848. The monoisotopic (exact) mass is 390 g/mol. The van der Waals surface area contributed by atoms with E-state index in [9.17, 15) is 8.42 Å². The van der Waals surface area contributed by atoms with Crippen molar-refractivity contribution in [3.8, 4) is 16.5 Å². The summed E-state index contributed by atoms with van der Waals surface area (Å²) in [6.07, 6.45) is 0.780. The predicted octanol–water partition coefficient (Wildman–Crippen LogP) is 3.49. The van der Waals surface area contributed by atoms with Crippen molar-refractivity contribution in [2.24, 2.45) is 0 Å². The first-order valence-corrected chi connectivity index (χ1v) is 11.0. The zero-order valence-electron chi connectivity index (χ0n) is 14.8. The number of nitrogens with zero attached hydrogens (tertiary/aromatic N) is 1. The van der Waals surface area contributed by atoms with Gasteiger partial charge < -0.3 is 4.74 Å². The number of sulfonamides is 1. The smallest absolute Gasteiger partial charge is 0.214 e. The van der Waals surface area contributed by atoms with Crippen LogP contribution in [0, 0.1) is 11.3 Å². The highest BCUT2D eigenvalue weighted by Crippen LogP contribution is 2.32. The fourth-order valence-electron chi connectivity index (χ4n) is 3.05. The molecule has 3 rings (SSSR count). The second-order valence-corrected chi connectivity index (χ2v) is 10.0. The summed E-state index contributed by atoms with van der Waals surface area (Å²) in [7, 11) is -3.35. The summed E-state index contributed by atoms with van der Waals surface area (Å²) in [4.78, 5) is 1.74. The minimum atomic E-state index is -3.35. The van der Waals surface area contributed by atoms with Gasteiger partial charge in [0, 0.05) is 17.4 Å². The molecule has 0 unspecified atom stereocenters. The molecule has 1 fully saturated rings. The van der Waals surface area contributed by atoms with Crippen LogP contribution in [0.15, 0.2) is 36.4 Å². The van der Waals surface area contributed by atoms with Crippen molar-refractivity contribution < 1.29 is 13.2 Å². The predicted molar refractivity (Wildman–Crippen MR) is 104 cm³/mol. The van der Waals surface area contributed by atoms with Crippen LogP contribution in [0.2, 0.25) is 0 Å². The van der Waals surface area contributed by atoms with Gasteiger partial charge in [-0.25, -0.2) is 13.1 Å². The Morgan fingerprint density at radius 2 is 1.96 bits per heavy atom. The van der Waals surface area contributed by atoms with E-state index in [-0.39, 0.29) is 12.0 Å². The van der Waals surface area contributed by atoms with E-state index in [2.05, 4.69) is 10.8 Å². The highest BCUT2D eigenvalue weighted by Gasteiger charge is 2.31. The average Bonchev–Trinajstić information content (AvgIpc) is 3.11. The third kappa shape index (κ3) is 4.15. The fraction of sp³-hybridized carbons (Fsp3) is 0.421. The van der Waals surface area contributed by atoms with Gasteiger partial charge in [0.2, 0.25) is 10.0 Å². The van der Waals surface area contributed by atoms with Gasteiger partial charge in [-0.3, -0.25) is 0 Å². The molecule has 0 aliphatic carbocycles. The molecule has 0 saturated carbocycles. The van der Waals surface area contributed by atoms with Gasteiger partial charge in [-0.2, -0.15) is 5.26 Å². The van der Waals surface area contributed by atoms with Gasteiger partial charge in [0.05, 0.1) is 17.9 Å². The third-order valence-electron chi connectivity index (χ3n) is 4.63. The number of rotatable bonds is 5. The molecule has 26 heavy (non-hydrogen) atoms. The normalized spacial score (nSPS) is 20.8. The molecule has 2 aromatic rings. The molecular weight excluding hydrogens is 368 g/mol. The molecule has 1 aromatic carbocycles. The van der Waals surface area contributed by atoms with Crippen molar-refractivity contribution in [3.63, 3.8) is 0 Å². The van der Waals surface area contributed by atoms with Gasteiger partial charge in [-0.1, -0.05) is 24.3 Å². The molecule has 138 valence electrons. The maximum atomic E-state index is 12.3. The lowest BCUT2D eigenvalue weighted by Crippen LogP contribution is -2.47. The average molecular weight is 391 g/mol. The van der Waals surface area contributed by atoms with Crippen LogP contribution in [0.4, 0.5) is 0 Å². The van der Waals surface area contributed by atoms with Gasteiger partial charge in [0.25, 0.3) is 0 Å². The van der Waals surface area contributed by atoms with Crippen molar-refractivity contribution in [2.75, 3.05) is 13.2 Å². The highest BCUT2D eigenvalue weighted by molar-refractivity contribution is 7.90. The van der Waals surface area contributed by atoms with Crippen molar-refractivity contribution in [2.45, 2.75) is 37.5 Å². The van der Waals surface area contributed by atoms with E-state index in [1.165, 1.54) is 11.3 Å². The molecule has 0 amide bonds. The van der Waals surface area contributed by atoms with E-state index in [1.807, 2.05) is 36.4 Å². The molecule has 2 heterocycles. The number of nitrogens with one attached hydrogen (secondary N) is 1. The number of benzene rings is 1. The van der Waals surface area contributed by atoms with Crippen LogP contribution < -0.4 is 4.72 Å². The molecule has 1 aliphatic heterocycles. The van der Waals surface area contributed by atoms with E-state index in [1.54, 1.807) is 13.8 Å². The second kappa shape index (κ2) is 7.89. The van der Waals surface area contributed by atoms with Crippen molar-refractivity contribution in [1.29, 1.82) is 5.26 Å². The Morgan fingerprint density at radius 3 is 2.58 bits per heavy atom.